The van der Waals surface area contributed by atoms with Crippen LogP contribution in [0.2, 0.25) is 0 Å². The van der Waals surface area contributed by atoms with Gasteiger partial charge < -0.3 is 9.47 Å². The first-order chi connectivity index (χ1) is 15.7. The van der Waals surface area contributed by atoms with Crippen LogP contribution < -0.4 is 9.64 Å². The summed E-state index contributed by atoms with van der Waals surface area (Å²) in [5.74, 6) is 0.727. The molecule has 1 fully saturated rings. The molecule has 1 saturated heterocycles. The predicted octanol–water partition coefficient (Wildman–Crippen LogP) is 5.52. The first-order valence-corrected chi connectivity index (χ1v) is 11.0. The van der Waals surface area contributed by atoms with Crippen molar-refractivity contribution in [2.24, 2.45) is 4.99 Å². The molecule has 32 heavy (non-hydrogen) atoms. The van der Waals surface area contributed by atoms with Crippen LogP contribution in [0, 0.1) is 0 Å². The summed E-state index contributed by atoms with van der Waals surface area (Å²) in [5, 5.41) is 0.663. The molecule has 0 N–H and O–H groups in total. The fraction of sp³-hybridized carbons (Fsp3) is 0.154. The Morgan fingerprint density at radius 3 is 2.44 bits per heavy atom. The Hall–Kier alpha value is -3.35. The highest BCUT2D eigenvalue weighted by atomic mass is 32.2. The van der Waals surface area contributed by atoms with E-state index in [2.05, 4.69) is 0 Å². The predicted molar refractivity (Wildman–Crippen MR) is 131 cm³/mol. The molecule has 1 heterocycles. The largest absolute Gasteiger partial charge is 0.497 e. The lowest BCUT2D eigenvalue weighted by Gasteiger charge is -2.15. The number of hydrogen-bond acceptors (Lipinski definition) is 5. The molecule has 0 saturated carbocycles. The van der Waals surface area contributed by atoms with Crippen LogP contribution in [0.1, 0.15) is 16.7 Å². The number of thioether (sulfide) groups is 1. The van der Waals surface area contributed by atoms with Gasteiger partial charge in [0.25, 0.3) is 5.91 Å². The number of hydrogen-bond donors (Lipinski definition) is 0. The van der Waals surface area contributed by atoms with Gasteiger partial charge in [0, 0.05) is 7.11 Å². The maximum Gasteiger partial charge on any atom is 0.271 e. The lowest BCUT2D eigenvalue weighted by atomic mass is 10.1. The van der Waals surface area contributed by atoms with Crippen LogP contribution in [0.4, 0.5) is 5.69 Å². The van der Waals surface area contributed by atoms with Crippen LogP contribution in [0.5, 0.6) is 5.75 Å². The number of amides is 1. The molecular formula is C26H24N2O3S. The van der Waals surface area contributed by atoms with Gasteiger partial charge in [-0.05, 0) is 64.9 Å². The van der Waals surface area contributed by atoms with Crippen molar-refractivity contribution in [1.82, 2.24) is 0 Å². The third-order valence-electron chi connectivity index (χ3n) is 4.94. The van der Waals surface area contributed by atoms with Crippen LogP contribution >= 0.6 is 11.8 Å². The zero-order valence-electron chi connectivity index (χ0n) is 18.0. The van der Waals surface area contributed by atoms with Crippen LogP contribution in [0.15, 0.2) is 88.8 Å². The topological polar surface area (TPSA) is 51.1 Å². The highest BCUT2D eigenvalue weighted by Crippen LogP contribution is 2.36. The van der Waals surface area contributed by atoms with Crippen molar-refractivity contribution in [3.05, 3.63) is 100 Å². The summed E-state index contributed by atoms with van der Waals surface area (Å²) in [6.07, 6.45) is 1.91. The van der Waals surface area contributed by atoms with E-state index < -0.39 is 0 Å². The number of para-hydroxylation sites is 1. The molecule has 3 aromatic carbocycles. The molecule has 162 valence electrons. The fourth-order valence-corrected chi connectivity index (χ4v) is 4.34. The summed E-state index contributed by atoms with van der Waals surface area (Å²) in [5.41, 5.74) is 3.87. The summed E-state index contributed by atoms with van der Waals surface area (Å²) in [4.78, 5) is 20.4. The average Bonchev–Trinajstić information content (AvgIpc) is 3.14. The second-order valence-electron chi connectivity index (χ2n) is 7.21. The van der Waals surface area contributed by atoms with E-state index in [1.807, 2.05) is 84.9 Å². The van der Waals surface area contributed by atoms with Crippen molar-refractivity contribution in [3.63, 3.8) is 0 Å². The van der Waals surface area contributed by atoms with Gasteiger partial charge in [-0.25, -0.2) is 0 Å². The SMILES string of the molecule is COCc1cccc(/C=C2\SC(=NCc3ccc(OC)cc3)N(c3ccccc3)C2=O)c1. The highest BCUT2D eigenvalue weighted by molar-refractivity contribution is 8.19. The molecular weight excluding hydrogens is 420 g/mol. The van der Waals surface area contributed by atoms with Crippen molar-refractivity contribution < 1.29 is 14.3 Å². The highest BCUT2D eigenvalue weighted by Gasteiger charge is 2.34. The number of methoxy groups -OCH3 is 2. The molecule has 0 bridgehead atoms. The van der Waals surface area contributed by atoms with E-state index in [1.54, 1.807) is 19.1 Å². The molecule has 3 aromatic rings. The number of nitrogens with zero attached hydrogens (tertiary/aromatic N) is 2. The Balaban J connectivity index is 1.64. The molecule has 0 unspecified atom stereocenters. The molecule has 1 aliphatic rings. The minimum Gasteiger partial charge on any atom is -0.497 e. The Labute approximate surface area is 192 Å². The van der Waals surface area contributed by atoms with Crippen molar-refractivity contribution in [2.45, 2.75) is 13.2 Å². The number of benzene rings is 3. The van der Waals surface area contributed by atoms with Gasteiger partial charge in [-0.1, -0.05) is 48.5 Å². The number of carbonyl (C=O) groups is 1. The fourth-order valence-electron chi connectivity index (χ4n) is 3.36. The molecule has 1 amide bonds. The van der Waals surface area contributed by atoms with Gasteiger partial charge in [-0.2, -0.15) is 0 Å². The van der Waals surface area contributed by atoms with Gasteiger partial charge in [0.05, 0.1) is 30.9 Å². The van der Waals surface area contributed by atoms with Gasteiger partial charge in [0.2, 0.25) is 0 Å². The minimum atomic E-state index is -0.0770. The van der Waals surface area contributed by atoms with Crippen LogP contribution in [-0.4, -0.2) is 25.3 Å². The zero-order chi connectivity index (χ0) is 22.3. The van der Waals surface area contributed by atoms with E-state index in [9.17, 15) is 4.79 Å². The molecule has 0 spiro atoms. The molecule has 5 nitrogen and oxygen atoms in total. The third kappa shape index (κ3) is 5.10. The maximum atomic E-state index is 13.3. The summed E-state index contributed by atoms with van der Waals surface area (Å²) < 4.78 is 10.4. The summed E-state index contributed by atoms with van der Waals surface area (Å²) >= 11 is 1.39. The van der Waals surface area contributed by atoms with Crippen LogP contribution in [0.25, 0.3) is 6.08 Å². The molecule has 0 atom stereocenters. The van der Waals surface area contributed by atoms with E-state index in [0.717, 1.165) is 28.1 Å². The number of anilines is 1. The summed E-state index contributed by atoms with van der Waals surface area (Å²) in [7, 11) is 3.32. The maximum absolute atomic E-state index is 13.3. The normalized spacial score (nSPS) is 16.2. The Morgan fingerprint density at radius 1 is 0.938 bits per heavy atom. The van der Waals surface area contributed by atoms with Gasteiger partial charge >= 0.3 is 0 Å². The Morgan fingerprint density at radius 2 is 1.72 bits per heavy atom. The second-order valence-corrected chi connectivity index (χ2v) is 8.22. The number of carbonyl (C=O) groups excluding carboxylic acids is 1. The third-order valence-corrected chi connectivity index (χ3v) is 5.94. The number of rotatable bonds is 7. The molecule has 1 aliphatic heterocycles. The van der Waals surface area contributed by atoms with E-state index in [0.29, 0.717) is 23.2 Å². The van der Waals surface area contributed by atoms with E-state index in [-0.39, 0.29) is 5.91 Å². The molecule has 0 radical (unpaired) electrons. The number of aliphatic imine (C=N–C) groups is 1. The Bertz CT molecular complexity index is 1140. The number of amidine groups is 1. The molecule has 0 aliphatic carbocycles. The van der Waals surface area contributed by atoms with Gasteiger partial charge in [0.15, 0.2) is 5.17 Å². The average molecular weight is 445 g/mol. The Kier molecular flexibility index (Phi) is 7.04. The summed E-state index contributed by atoms with van der Waals surface area (Å²) in [6.45, 7) is 1.00. The second kappa shape index (κ2) is 10.3. The van der Waals surface area contributed by atoms with E-state index in [4.69, 9.17) is 14.5 Å². The monoisotopic (exact) mass is 444 g/mol. The van der Waals surface area contributed by atoms with Crippen LogP contribution in [0.3, 0.4) is 0 Å². The first-order valence-electron chi connectivity index (χ1n) is 10.2. The number of ether oxygens (including phenoxy) is 2. The molecule has 6 heteroatoms. The standard InChI is InChI=1S/C26H24N2O3S/c1-30-18-21-8-6-7-20(15-21)16-24-25(29)28(22-9-4-3-5-10-22)26(32-24)27-17-19-11-13-23(31-2)14-12-19/h3-16H,17-18H2,1-2H3/b24-16-,27-26?. The molecule has 4 rings (SSSR count). The smallest absolute Gasteiger partial charge is 0.271 e. The lowest BCUT2D eigenvalue weighted by molar-refractivity contribution is -0.113. The van der Waals surface area contributed by atoms with E-state index in [1.165, 1.54) is 11.8 Å². The van der Waals surface area contributed by atoms with Gasteiger partial charge in [0.1, 0.15) is 5.75 Å². The van der Waals surface area contributed by atoms with Crippen LogP contribution in [-0.2, 0) is 22.7 Å². The van der Waals surface area contributed by atoms with Crippen molar-refractivity contribution in [1.29, 1.82) is 0 Å². The molecule has 0 aromatic heterocycles. The van der Waals surface area contributed by atoms with Gasteiger partial charge in [-0.3, -0.25) is 14.7 Å². The minimum absolute atomic E-state index is 0.0770. The quantitative estimate of drug-likeness (QED) is 0.450. The zero-order valence-corrected chi connectivity index (χ0v) is 18.8. The summed E-state index contributed by atoms with van der Waals surface area (Å²) in [6, 6.07) is 25.4. The van der Waals surface area contributed by atoms with Gasteiger partial charge in [-0.15, -0.1) is 0 Å². The first kappa shape index (κ1) is 21.9. The lowest BCUT2D eigenvalue weighted by Crippen LogP contribution is -2.28. The van der Waals surface area contributed by atoms with Crippen molar-refractivity contribution in [3.8, 4) is 5.75 Å². The van der Waals surface area contributed by atoms with E-state index >= 15 is 0 Å². The van der Waals surface area contributed by atoms with Crippen molar-refractivity contribution in [2.75, 3.05) is 19.1 Å². The van der Waals surface area contributed by atoms with Crippen molar-refractivity contribution >= 4 is 34.6 Å².